The Morgan fingerprint density at radius 3 is 2.18 bits per heavy atom. The quantitative estimate of drug-likeness (QED) is 0.646. The van der Waals surface area contributed by atoms with Crippen molar-refractivity contribution >= 4 is 41.8 Å². The van der Waals surface area contributed by atoms with Gasteiger partial charge in [-0.1, -0.05) is 0 Å². The molecule has 0 unspecified atom stereocenters. The van der Waals surface area contributed by atoms with Gasteiger partial charge in [0.2, 0.25) is 0 Å². The Hall–Kier alpha value is 0.806. The fraction of sp³-hybridized carbons (Fsp3) is 0. The maximum Gasteiger partial charge on any atom is 0.560 e. The highest BCUT2D eigenvalue weighted by Gasteiger charge is 1.89. The number of hydrogen-bond donors (Lipinski definition) is 0. The summed E-state index contributed by atoms with van der Waals surface area (Å²) in [4.78, 5) is 0. The highest BCUT2D eigenvalue weighted by atomic mass is 79.9. The summed E-state index contributed by atoms with van der Waals surface area (Å²) in [5, 5.41) is 0. The van der Waals surface area contributed by atoms with Crippen molar-refractivity contribution in [3.8, 4) is 0 Å². The van der Waals surface area contributed by atoms with Crippen molar-refractivity contribution < 1.29 is 8.78 Å². The first kappa shape index (κ1) is 11.8. The van der Waals surface area contributed by atoms with E-state index in [9.17, 15) is 8.78 Å². The van der Waals surface area contributed by atoms with E-state index >= 15 is 0 Å². The molecule has 1 aromatic rings. The predicted octanol–water partition coefficient (Wildman–Crippen LogP) is 3.08. The van der Waals surface area contributed by atoms with Crippen LogP contribution in [0.2, 0.25) is 0 Å². The van der Waals surface area contributed by atoms with Gasteiger partial charge in [-0.25, -0.2) is 8.78 Å². The lowest BCUT2D eigenvalue weighted by Gasteiger charge is -1.83. The van der Waals surface area contributed by atoms with Crippen molar-refractivity contribution in [3.63, 3.8) is 0 Å². The Bertz CT molecular complexity index is 190. The summed E-state index contributed by atoms with van der Waals surface area (Å²) >= 11 is 6.44. The first-order chi connectivity index (χ1) is 5.20. The van der Waals surface area contributed by atoms with E-state index in [-0.39, 0.29) is 16.0 Å². The maximum absolute atomic E-state index is 11.9. The molecule has 0 amide bonds. The monoisotopic (exact) mass is 295 g/mol. The Morgan fingerprint density at radius 2 is 1.91 bits per heavy atom. The van der Waals surface area contributed by atoms with Crippen LogP contribution in [0.15, 0.2) is 18.2 Å². The van der Waals surface area contributed by atoms with Gasteiger partial charge >= 0.3 is 16.0 Å². The summed E-state index contributed by atoms with van der Waals surface area (Å²) in [5.74, 6) is -1.23. The van der Waals surface area contributed by atoms with Crippen LogP contribution in [0, 0.1) is 17.7 Å². The summed E-state index contributed by atoms with van der Waals surface area (Å²) in [6, 6.07) is 5.28. The minimum atomic E-state index is -0.662. The lowest BCUT2D eigenvalue weighted by atomic mass is 10.3. The largest absolute Gasteiger partial charge is 0.560 e. The SMILES string of the molecule is Fc1[c]ccc(F)c1.[Br][Mg][Br]. The first-order valence-corrected chi connectivity index (χ1v) is 10.4. The number of hydrogen-bond acceptors (Lipinski definition) is 0. The average molecular weight is 297 g/mol. The number of benzene rings is 1. The molecule has 1 rings (SSSR count). The first-order valence-electron chi connectivity index (χ1n) is 2.65. The van der Waals surface area contributed by atoms with E-state index in [0.717, 1.165) is 12.1 Å². The minimum absolute atomic E-state index is 0.0417. The Morgan fingerprint density at radius 1 is 1.36 bits per heavy atom. The molecule has 57 valence electrons. The standard InChI is InChI=1S/C6H3F2.2BrH.Mg/c7-5-2-1-3-6(8)4-5;;;/h1-2,4H;2*1H;/q;;;+2/p-2. The third-order valence-electron chi connectivity index (χ3n) is 0.728. The van der Waals surface area contributed by atoms with Crippen LogP contribution >= 0.6 is 25.8 Å². The number of rotatable bonds is 0. The van der Waals surface area contributed by atoms with Gasteiger partial charge in [0.15, 0.2) is 0 Å². The zero-order chi connectivity index (χ0) is 8.69. The van der Waals surface area contributed by atoms with Crippen molar-refractivity contribution in [3.05, 3.63) is 35.9 Å². The fourth-order valence-electron chi connectivity index (χ4n) is 0.412. The fourth-order valence-corrected chi connectivity index (χ4v) is 0.412. The smallest absolute Gasteiger partial charge is 0.280 e. The van der Waals surface area contributed by atoms with E-state index in [1.165, 1.54) is 6.07 Å². The summed E-state index contributed by atoms with van der Waals surface area (Å²) in [6.07, 6.45) is 0. The van der Waals surface area contributed by atoms with Gasteiger partial charge in [0.05, 0.1) is 0 Å². The van der Waals surface area contributed by atoms with Crippen LogP contribution in [0.1, 0.15) is 0 Å². The molecule has 11 heavy (non-hydrogen) atoms. The van der Waals surface area contributed by atoms with E-state index < -0.39 is 11.6 Å². The van der Waals surface area contributed by atoms with Crippen molar-refractivity contribution in [1.82, 2.24) is 0 Å². The Labute approximate surface area is 85.8 Å². The molecule has 0 fully saturated rings. The van der Waals surface area contributed by atoms with Crippen LogP contribution in [-0.2, 0) is 0 Å². The molecule has 0 aliphatic rings. The van der Waals surface area contributed by atoms with E-state index in [4.69, 9.17) is 0 Å². The van der Waals surface area contributed by atoms with Crippen LogP contribution in [0.4, 0.5) is 8.78 Å². The van der Waals surface area contributed by atoms with Gasteiger partial charge in [0.25, 0.3) is 0 Å². The molecule has 0 saturated carbocycles. The molecule has 1 radical (unpaired) electrons. The highest BCUT2D eigenvalue weighted by molar-refractivity contribution is 9.47. The zero-order valence-corrected chi connectivity index (χ0v) is 10.0. The maximum atomic E-state index is 11.9. The molecule has 0 aliphatic heterocycles. The molecule has 0 saturated heterocycles. The minimum Gasteiger partial charge on any atom is -0.280 e. The molecule has 0 aliphatic carbocycles. The summed E-state index contributed by atoms with van der Waals surface area (Å²) in [6.45, 7) is 0. The van der Waals surface area contributed by atoms with Crippen LogP contribution < -0.4 is 0 Å². The van der Waals surface area contributed by atoms with Crippen LogP contribution in [-0.4, -0.2) is 16.0 Å². The van der Waals surface area contributed by atoms with Gasteiger partial charge in [-0.15, -0.1) is 0 Å². The topological polar surface area (TPSA) is 0 Å². The molecule has 0 spiro atoms. The van der Waals surface area contributed by atoms with Gasteiger partial charge < -0.3 is 0 Å². The van der Waals surface area contributed by atoms with Gasteiger partial charge in [-0.05, 0) is 12.1 Å². The molecule has 0 atom stereocenters. The second-order valence-corrected chi connectivity index (χ2v) is 9.54. The molecule has 1 aromatic carbocycles. The zero-order valence-electron chi connectivity index (χ0n) is 5.45. The van der Waals surface area contributed by atoms with Gasteiger partial charge in [0.1, 0.15) is 11.6 Å². The summed E-state index contributed by atoms with van der Waals surface area (Å²) in [5.41, 5.74) is 0. The molecule has 0 nitrogen and oxygen atoms in total. The molecular formula is C6H3Br2F2Mg. The van der Waals surface area contributed by atoms with Crippen LogP contribution in [0.25, 0.3) is 0 Å². The van der Waals surface area contributed by atoms with Crippen molar-refractivity contribution in [2.24, 2.45) is 0 Å². The Kier molecular flexibility index (Phi) is 8.00. The van der Waals surface area contributed by atoms with Crippen molar-refractivity contribution in [2.75, 3.05) is 0 Å². The molecule has 0 N–H and O–H groups in total. The molecule has 0 aromatic heterocycles. The van der Waals surface area contributed by atoms with Gasteiger partial charge in [-0.3, -0.25) is 25.8 Å². The lowest BCUT2D eigenvalue weighted by Crippen LogP contribution is -1.74. The third kappa shape index (κ3) is 7.18. The van der Waals surface area contributed by atoms with Gasteiger partial charge in [0, 0.05) is 12.1 Å². The van der Waals surface area contributed by atoms with Crippen LogP contribution in [0.3, 0.4) is 0 Å². The van der Waals surface area contributed by atoms with E-state index in [2.05, 4.69) is 31.8 Å². The van der Waals surface area contributed by atoms with E-state index in [0.29, 0.717) is 0 Å². The molecular weight excluding hydrogens is 294 g/mol. The molecule has 5 heteroatoms. The summed E-state index contributed by atoms with van der Waals surface area (Å²) < 4.78 is 23.8. The third-order valence-corrected chi connectivity index (χ3v) is 0.728. The van der Waals surface area contributed by atoms with Crippen LogP contribution in [0.5, 0.6) is 0 Å². The Balaban J connectivity index is 0.000000292. The molecule has 0 bridgehead atoms. The second-order valence-electron chi connectivity index (χ2n) is 1.46. The highest BCUT2D eigenvalue weighted by Crippen LogP contribution is 1.98. The van der Waals surface area contributed by atoms with Crippen molar-refractivity contribution in [1.29, 1.82) is 0 Å². The predicted molar refractivity (Wildman–Crippen MR) is 48.8 cm³/mol. The van der Waals surface area contributed by atoms with E-state index in [1.54, 1.807) is 0 Å². The molecule has 0 heterocycles. The lowest BCUT2D eigenvalue weighted by molar-refractivity contribution is 0.582. The van der Waals surface area contributed by atoms with Gasteiger partial charge in [-0.2, -0.15) is 0 Å². The summed E-state index contributed by atoms with van der Waals surface area (Å²) in [7, 11) is 0. The average Bonchev–Trinajstić information content (AvgIpc) is 1.88. The normalized spacial score (nSPS) is 7.64. The van der Waals surface area contributed by atoms with Crippen molar-refractivity contribution in [2.45, 2.75) is 0 Å². The second kappa shape index (κ2) is 7.46. The van der Waals surface area contributed by atoms with E-state index in [1.807, 2.05) is 0 Å². The number of halogens is 4.